The lowest BCUT2D eigenvalue weighted by atomic mass is 9.88. The second-order valence-corrected chi connectivity index (χ2v) is 6.89. The maximum atomic E-state index is 13.1. The molecule has 0 aliphatic heterocycles. The monoisotopic (exact) mass is 397 g/mol. The Labute approximate surface area is 134 Å². The minimum atomic E-state index is -0.221. The predicted molar refractivity (Wildman–Crippen MR) is 87.7 cm³/mol. The van der Waals surface area contributed by atoms with Gasteiger partial charge in [-0.1, -0.05) is 22.0 Å². The molecule has 0 radical (unpaired) electrons. The van der Waals surface area contributed by atoms with Gasteiger partial charge in [-0.25, -0.2) is 4.39 Å². The third kappa shape index (κ3) is 3.07. The van der Waals surface area contributed by atoms with E-state index in [1.807, 2.05) is 0 Å². The van der Waals surface area contributed by atoms with Crippen molar-refractivity contribution in [1.29, 1.82) is 0 Å². The summed E-state index contributed by atoms with van der Waals surface area (Å²) in [6.07, 6.45) is 3.17. The van der Waals surface area contributed by atoms with Crippen LogP contribution in [0.25, 0.3) is 0 Å². The SMILES string of the molecule is Fc1ccc(NC2CCc3cc(Br)ccc3C2)c(Br)c1. The lowest BCUT2D eigenvalue weighted by Crippen LogP contribution is -2.27. The first kappa shape index (κ1) is 14.1. The number of hydrogen-bond donors (Lipinski definition) is 1. The van der Waals surface area contributed by atoms with Gasteiger partial charge in [0.15, 0.2) is 0 Å². The van der Waals surface area contributed by atoms with Crippen molar-refractivity contribution in [3.8, 4) is 0 Å². The number of fused-ring (bicyclic) bond motifs is 1. The van der Waals surface area contributed by atoms with Gasteiger partial charge in [-0.15, -0.1) is 0 Å². The van der Waals surface area contributed by atoms with Gasteiger partial charge in [-0.2, -0.15) is 0 Å². The number of rotatable bonds is 2. The molecule has 0 bridgehead atoms. The number of anilines is 1. The highest BCUT2D eigenvalue weighted by Crippen LogP contribution is 2.29. The summed E-state index contributed by atoms with van der Waals surface area (Å²) in [7, 11) is 0. The van der Waals surface area contributed by atoms with E-state index in [4.69, 9.17) is 0 Å². The molecule has 1 N–H and O–H groups in total. The first-order valence-corrected chi connectivity index (χ1v) is 8.19. The van der Waals surface area contributed by atoms with Crippen LogP contribution in [0.4, 0.5) is 10.1 Å². The zero-order valence-corrected chi connectivity index (χ0v) is 14.0. The molecule has 0 saturated heterocycles. The fraction of sp³-hybridized carbons (Fsp3) is 0.250. The van der Waals surface area contributed by atoms with Gasteiger partial charge in [0, 0.05) is 20.7 Å². The number of benzene rings is 2. The Kier molecular flexibility index (Phi) is 4.13. The molecule has 0 fully saturated rings. The molecule has 1 unspecified atom stereocenters. The minimum Gasteiger partial charge on any atom is -0.381 e. The Hall–Kier alpha value is -0.870. The van der Waals surface area contributed by atoms with E-state index in [2.05, 4.69) is 55.4 Å². The lowest BCUT2D eigenvalue weighted by molar-refractivity contribution is 0.608. The molecule has 3 rings (SSSR count). The summed E-state index contributed by atoms with van der Waals surface area (Å²) in [6.45, 7) is 0. The van der Waals surface area contributed by atoms with Crippen LogP contribution in [-0.2, 0) is 12.8 Å². The topological polar surface area (TPSA) is 12.0 Å². The molecule has 1 atom stereocenters. The van der Waals surface area contributed by atoms with Gasteiger partial charge in [0.05, 0.1) is 0 Å². The van der Waals surface area contributed by atoms with Crippen LogP contribution >= 0.6 is 31.9 Å². The van der Waals surface area contributed by atoms with Crippen molar-refractivity contribution in [1.82, 2.24) is 0 Å². The first-order valence-electron chi connectivity index (χ1n) is 6.61. The highest BCUT2D eigenvalue weighted by atomic mass is 79.9. The molecule has 4 heteroatoms. The van der Waals surface area contributed by atoms with Crippen molar-refractivity contribution < 1.29 is 4.39 Å². The summed E-state index contributed by atoms with van der Waals surface area (Å²) in [5.74, 6) is -0.221. The fourth-order valence-electron chi connectivity index (χ4n) is 2.67. The molecule has 20 heavy (non-hydrogen) atoms. The zero-order chi connectivity index (χ0) is 14.1. The van der Waals surface area contributed by atoms with Gasteiger partial charge in [0.2, 0.25) is 0 Å². The van der Waals surface area contributed by atoms with E-state index in [-0.39, 0.29) is 5.82 Å². The van der Waals surface area contributed by atoms with E-state index >= 15 is 0 Å². The summed E-state index contributed by atoms with van der Waals surface area (Å²) in [4.78, 5) is 0. The number of hydrogen-bond acceptors (Lipinski definition) is 1. The highest BCUT2D eigenvalue weighted by molar-refractivity contribution is 9.10. The summed E-state index contributed by atoms with van der Waals surface area (Å²) in [6, 6.07) is 11.7. The van der Waals surface area contributed by atoms with Crippen molar-refractivity contribution in [3.05, 3.63) is 62.3 Å². The normalized spacial score (nSPS) is 17.6. The molecule has 0 amide bonds. The van der Waals surface area contributed by atoms with Gasteiger partial charge in [0.1, 0.15) is 5.82 Å². The summed E-state index contributed by atoms with van der Waals surface area (Å²) >= 11 is 6.92. The number of halogens is 3. The molecule has 0 aromatic heterocycles. The van der Waals surface area contributed by atoms with Crippen molar-refractivity contribution in [3.63, 3.8) is 0 Å². The van der Waals surface area contributed by atoms with E-state index in [9.17, 15) is 4.39 Å². The van der Waals surface area contributed by atoms with E-state index in [0.717, 1.165) is 33.9 Å². The van der Waals surface area contributed by atoms with E-state index in [0.29, 0.717) is 6.04 Å². The molecule has 1 aliphatic rings. The van der Waals surface area contributed by atoms with Crippen LogP contribution in [0, 0.1) is 5.82 Å². The van der Waals surface area contributed by atoms with Crippen LogP contribution in [0.1, 0.15) is 17.5 Å². The lowest BCUT2D eigenvalue weighted by Gasteiger charge is -2.27. The van der Waals surface area contributed by atoms with Crippen LogP contribution in [0.2, 0.25) is 0 Å². The van der Waals surface area contributed by atoms with Crippen LogP contribution in [0.3, 0.4) is 0 Å². The third-order valence-corrected chi connectivity index (χ3v) is 4.84. The number of aryl methyl sites for hydroxylation is 1. The Morgan fingerprint density at radius 3 is 2.70 bits per heavy atom. The second kappa shape index (κ2) is 5.86. The molecule has 2 aromatic carbocycles. The third-order valence-electron chi connectivity index (χ3n) is 3.69. The van der Waals surface area contributed by atoms with E-state index in [1.165, 1.54) is 23.3 Å². The van der Waals surface area contributed by atoms with Gasteiger partial charge in [-0.3, -0.25) is 0 Å². The van der Waals surface area contributed by atoms with Crippen LogP contribution in [0.15, 0.2) is 45.3 Å². The molecule has 1 nitrogen and oxygen atoms in total. The standard InChI is InChI=1S/C16H14Br2FN/c17-12-3-1-11-8-14(5-2-10(11)7-12)20-16-6-4-13(19)9-15(16)18/h1,3-4,6-7,9,14,20H,2,5,8H2. The molecule has 2 aromatic rings. The van der Waals surface area contributed by atoms with Gasteiger partial charge in [-0.05, 0) is 76.7 Å². The fourth-order valence-corrected chi connectivity index (χ4v) is 3.55. The van der Waals surface area contributed by atoms with E-state index < -0.39 is 0 Å². The average Bonchev–Trinajstić information content (AvgIpc) is 2.42. The Morgan fingerprint density at radius 2 is 1.90 bits per heavy atom. The number of nitrogens with one attached hydrogen (secondary N) is 1. The van der Waals surface area contributed by atoms with Crippen molar-refractivity contribution >= 4 is 37.5 Å². The van der Waals surface area contributed by atoms with Gasteiger partial charge >= 0.3 is 0 Å². The predicted octanol–water partition coefficient (Wildman–Crippen LogP) is 5.32. The van der Waals surface area contributed by atoms with E-state index in [1.54, 1.807) is 6.07 Å². The van der Waals surface area contributed by atoms with Crippen LogP contribution < -0.4 is 5.32 Å². The Bertz CT molecular complexity index is 642. The first-order chi connectivity index (χ1) is 9.61. The highest BCUT2D eigenvalue weighted by Gasteiger charge is 2.19. The molecule has 104 valence electrons. The zero-order valence-electron chi connectivity index (χ0n) is 10.8. The van der Waals surface area contributed by atoms with Crippen molar-refractivity contribution in [2.24, 2.45) is 0 Å². The van der Waals surface area contributed by atoms with Crippen molar-refractivity contribution in [2.45, 2.75) is 25.3 Å². The van der Waals surface area contributed by atoms with Crippen molar-refractivity contribution in [2.75, 3.05) is 5.32 Å². The Morgan fingerprint density at radius 1 is 1.05 bits per heavy atom. The molecule has 0 saturated carbocycles. The minimum absolute atomic E-state index is 0.221. The summed E-state index contributed by atoms with van der Waals surface area (Å²) < 4.78 is 15.0. The summed E-state index contributed by atoms with van der Waals surface area (Å²) in [5, 5.41) is 3.51. The molecule has 0 heterocycles. The van der Waals surface area contributed by atoms with Crippen LogP contribution in [0.5, 0.6) is 0 Å². The molecule has 0 spiro atoms. The van der Waals surface area contributed by atoms with Gasteiger partial charge in [0.25, 0.3) is 0 Å². The molecular formula is C16H14Br2FN. The molecule has 1 aliphatic carbocycles. The average molecular weight is 399 g/mol. The Balaban J connectivity index is 1.75. The molecular weight excluding hydrogens is 385 g/mol. The quantitative estimate of drug-likeness (QED) is 0.721. The maximum Gasteiger partial charge on any atom is 0.124 e. The second-order valence-electron chi connectivity index (χ2n) is 5.12. The van der Waals surface area contributed by atoms with Crippen LogP contribution in [-0.4, -0.2) is 6.04 Å². The maximum absolute atomic E-state index is 13.1. The summed E-state index contributed by atoms with van der Waals surface area (Å²) in [5.41, 5.74) is 3.78. The smallest absolute Gasteiger partial charge is 0.124 e. The largest absolute Gasteiger partial charge is 0.381 e. The van der Waals surface area contributed by atoms with Gasteiger partial charge < -0.3 is 5.32 Å².